The van der Waals surface area contributed by atoms with E-state index in [-0.39, 0.29) is 0 Å². The monoisotopic (exact) mass is 240 g/mol. The average Bonchev–Trinajstić information content (AvgIpc) is 2.80. The Kier molecular flexibility index (Phi) is 2.60. The Bertz CT molecular complexity index is 661. The van der Waals surface area contributed by atoms with E-state index in [1.165, 1.54) is 6.33 Å². The summed E-state index contributed by atoms with van der Waals surface area (Å²) in [6, 6.07) is 0. The quantitative estimate of drug-likeness (QED) is 0.728. The highest BCUT2D eigenvalue weighted by atomic mass is 15.0. The number of nitrogens with one attached hydrogen (secondary N) is 2. The maximum Gasteiger partial charge on any atom is 0.143 e. The molecule has 0 saturated carbocycles. The van der Waals surface area contributed by atoms with Crippen LogP contribution < -0.4 is 5.32 Å². The van der Waals surface area contributed by atoms with Gasteiger partial charge in [0.2, 0.25) is 0 Å². The fraction of sp³-hybridized carbons (Fsp3) is 0.167. The van der Waals surface area contributed by atoms with Gasteiger partial charge >= 0.3 is 0 Å². The minimum atomic E-state index is 0.588. The van der Waals surface area contributed by atoms with Crippen molar-refractivity contribution in [3.05, 3.63) is 42.4 Å². The minimum Gasteiger partial charge on any atom is -0.364 e. The lowest BCUT2D eigenvalue weighted by molar-refractivity contribution is 0.997. The molecule has 0 radical (unpaired) electrons. The number of nitrogens with zero attached hydrogens (tertiary/aromatic N) is 4. The molecule has 0 atom stereocenters. The first-order valence-corrected chi connectivity index (χ1v) is 5.62. The maximum atomic E-state index is 4.26. The first-order chi connectivity index (χ1) is 8.84. The summed E-state index contributed by atoms with van der Waals surface area (Å²) in [7, 11) is 0. The van der Waals surface area contributed by atoms with Crippen molar-refractivity contribution in [2.45, 2.75) is 13.5 Å². The number of aryl methyl sites for hydroxylation is 1. The fourth-order valence-corrected chi connectivity index (χ4v) is 1.85. The molecular weight excluding hydrogens is 228 g/mol. The molecule has 3 heterocycles. The van der Waals surface area contributed by atoms with Crippen LogP contribution in [0, 0.1) is 6.92 Å². The van der Waals surface area contributed by atoms with Crippen LogP contribution in [0.5, 0.6) is 0 Å². The first kappa shape index (κ1) is 10.6. The lowest BCUT2D eigenvalue weighted by Crippen LogP contribution is -2.04. The van der Waals surface area contributed by atoms with E-state index in [1.54, 1.807) is 18.6 Å². The molecule has 6 heteroatoms. The molecule has 2 N–H and O–H groups in total. The third-order valence-corrected chi connectivity index (χ3v) is 2.72. The van der Waals surface area contributed by atoms with Crippen molar-refractivity contribution < 1.29 is 0 Å². The van der Waals surface area contributed by atoms with Crippen LogP contribution in [-0.2, 0) is 6.54 Å². The smallest absolute Gasteiger partial charge is 0.143 e. The Hall–Kier alpha value is -2.50. The summed E-state index contributed by atoms with van der Waals surface area (Å²) in [4.78, 5) is 19.8. The Morgan fingerprint density at radius 2 is 2.17 bits per heavy atom. The number of anilines is 1. The van der Waals surface area contributed by atoms with Crippen molar-refractivity contribution in [1.29, 1.82) is 0 Å². The highest BCUT2D eigenvalue weighted by Gasteiger charge is 2.07. The van der Waals surface area contributed by atoms with Crippen LogP contribution in [0.15, 0.2) is 31.1 Å². The number of rotatable bonds is 3. The van der Waals surface area contributed by atoms with Crippen molar-refractivity contribution in [2.24, 2.45) is 0 Å². The lowest BCUT2D eigenvalue weighted by Gasteiger charge is -2.06. The molecule has 0 aliphatic rings. The van der Waals surface area contributed by atoms with Gasteiger partial charge in [0, 0.05) is 18.6 Å². The van der Waals surface area contributed by atoms with E-state index in [9.17, 15) is 0 Å². The Balaban J connectivity index is 1.89. The van der Waals surface area contributed by atoms with Crippen LogP contribution in [0.1, 0.15) is 11.3 Å². The van der Waals surface area contributed by atoms with E-state index >= 15 is 0 Å². The summed E-state index contributed by atoms with van der Waals surface area (Å²) in [5, 5.41) is 4.27. The molecule has 3 aromatic rings. The SMILES string of the molecule is Cc1c[nH]c2ncnc(NCc3cnccn3)c12. The number of fused-ring (bicyclic) bond motifs is 1. The van der Waals surface area contributed by atoms with Crippen molar-refractivity contribution in [3.63, 3.8) is 0 Å². The zero-order valence-corrected chi connectivity index (χ0v) is 9.88. The zero-order chi connectivity index (χ0) is 12.4. The molecule has 3 rings (SSSR count). The number of hydrogen-bond donors (Lipinski definition) is 2. The number of aromatic amines is 1. The molecule has 0 aromatic carbocycles. The van der Waals surface area contributed by atoms with Crippen molar-refractivity contribution >= 4 is 16.9 Å². The molecule has 0 spiro atoms. The van der Waals surface area contributed by atoms with Gasteiger partial charge in [-0.15, -0.1) is 0 Å². The van der Waals surface area contributed by atoms with Crippen LogP contribution in [-0.4, -0.2) is 24.9 Å². The number of H-pyrrole nitrogens is 1. The summed E-state index contributed by atoms with van der Waals surface area (Å²) in [5.74, 6) is 0.810. The molecule has 0 saturated heterocycles. The van der Waals surface area contributed by atoms with Gasteiger partial charge in [-0.3, -0.25) is 9.97 Å². The van der Waals surface area contributed by atoms with Gasteiger partial charge in [-0.2, -0.15) is 0 Å². The molecule has 0 fully saturated rings. The molecule has 0 amide bonds. The summed E-state index contributed by atoms with van der Waals surface area (Å²) < 4.78 is 0. The molecule has 90 valence electrons. The van der Waals surface area contributed by atoms with Gasteiger partial charge in [-0.25, -0.2) is 9.97 Å². The Morgan fingerprint density at radius 3 is 3.00 bits per heavy atom. The Labute approximate surface area is 104 Å². The molecule has 6 nitrogen and oxygen atoms in total. The third-order valence-electron chi connectivity index (χ3n) is 2.72. The van der Waals surface area contributed by atoms with E-state index in [0.29, 0.717) is 6.54 Å². The summed E-state index contributed by atoms with van der Waals surface area (Å²) >= 11 is 0. The molecule has 0 bridgehead atoms. The third kappa shape index (κ3) is 1.88. The second kappa shape index (κ2) is 4.40. The second-order valence-electron chi connectivity index (χ2n) is 3.97. The molecule has 0 unspecified atom stereocenters. The second-order valence-corrected chi connectivity index (χ2v) is 3.97. The van der Waals surface area contributed by atoms with Crippen LogP contribution in [0.4, 0.5) is 5.82 Å². The van der Waals surface area contributed by atoms with E-state index in [0.717, 1.165) is 28.1 Å². The van der Waals surface area contributed by atoms with Crippen LogP contribution >= 0.6 is 0 Å². The normalized spacial score (nSPS) is 10.7. The first-order valence-electron chi connectivity index (χ1n) is 5.62. The highest BCUT2D eigenvalue weighted by Crippen LogP contribution is 2.22. The van der Waals surface area contributed by atoms with E-state index < -0.39 is 0 Å². The van der Waals surface area contributed by atoms with Crippen molar-refractivity contribution in [1.82, 2.24) is 24.9 Å². The number of aromatic nitrogens is 5. The summed E-state index contributed by atoms with van der Waals surface area (Å²) in [6.07, 6.45) is 8.52. The van der Waals surface area contributed by atoms with Gasteiger partial charge in [0.1, 0.15) is 17.8 Å². The summed E-state index contributed by atoms with van der Waals surface area (Å²) in [5.41, 5.74) is 2.83. The van der Waals surface area contributed by atoms with Gasteiger partial charge in [0.15, 0.2) is 0 Å². The highest BCUT2D eigenvalue weighted by molar-refractivity contribution is 5.89. The van der Waals surface area contributed by atoms with Gasteiger partial charge in [-0.05, 0) is 12.5 Å². The standard InChI is InChI=1S/C12H12N6/c1-8-4-15-11-10(8)12(18-7-17-11)16-6-9-5-13-2-3-14-9/h2-5,7H,6H2,1H3,(H2,15,16,17,18). The predicted octanol–water partition coefficient (Wildman–Crippen LogP) is 1.67. The topological polar surface area (TPSA) is 79.4 Å². The molecule has 0 aliphatic heterocycles. The predicted molar refractivity (Wildman–Crippen MR) is 68.0 cm³/mol. The molecule has 0 aliphatic carbocycles. The van der Waals surface area contributed by atoms with Crippen molar-refractivity contribution in [2.75, 3.05) is 5.32 Å². The fourth-order valence-electron chi connectivity index (χ4n) is 1.85. The minimum absolute atomic E-state index is 0.588. The van der Waals surface area contributed by atoms with Gasteiger partial charge in [0.05, 0.1) is 23.8 Å². The Morgan fingerprint density at radius 1 is 1.22 bits per heavy atom. The van der Waals surface area contributed by atoms with Gasteiger partial charge < -0.3 is 10.3 Å². The molecule has 18 heavy (non-hydrogen) atoms. The number of hydrogen-bond acceptors (Lipinski definition) is 5. The largest absolute Gasteiger partial charge is 0.364 e. The van der Waals surface area contributed by atoms with E-state index in [1.807, 2.05) is 13.1 Å². The van der Waals surface area contributed by atoms with Gasteiger partial charge in [-0.1, -0.05) is 0 Å². The van der Waals surface area contributed by atoms with E-state index in [2.05, 4.69) is 30.2 Å². The summed E-state index contributed by atoms with van der Waals surface area (Å²) in [6.45, 7) is 2.61. The lowest BCUT2D eigenvalue weighted by atomic mass is 10.2. The zero-order valence-electron chi connectivity index (χ0n) is 9.88. The van der Waals surface area contributed by atoms with Crippen molar-refractivity contribution in [3.8, 4) is 0 Å². The van der Waals surface area contributed by atoms with Crippen LogP contribution in [0.25, 0.3) is 11.0 Å². The van der Waals surface area contributed by atoms with Gasteiger partial charge in [0.25, 0.3) is 0 Å². The average molecular weight is 240 g/mol. The van der Waals surface area contributed by atoms with E-state index in [4.69, 9.17) is 0 Å². The van der Waals surface area contributed by atoms with Crippen LogP contribution in [0.2, 0.25) is 0 Å². The maximum absolute atomic E-state index is 4.26. The molecule has 3 aromatic heterocycles. The van der Waals surface area contributed by atoms with Crippen LogP contribution in [0.3, 0.4) is 0 Å². The molecular formula is C12H12N6.